The fourth-order valence-corrected chi connectivity index (χ4v) is 5.99. The Morgan fingerprint density at radius 1 is 1.32 bits per heavy atom. The van der Waals surface area contributed by atoms with E-state index in [1.807, 2.05) is 6.92 Å². The summed E-state index contributed by atoms with van der Waals surface area (Å²) in [6.07, 6.45) is 7.42. The number of benzene rings is 1. The third kappa shape index (κ3) is 3.52. The van der Waals surface area contributed by atoms with Crippen molar-refractivity contribution in [3.8, 4) is 5.88 Å². The van der Waals surface area contributed by atoms with Crippen molar-refractivity contribution in [3.05, 3.63) is 34.5 Å². The van der Waals surface area contributed by atoms with Crippen LogP contribution in [0.2, 0.25) is 0 Å². The molecule has 3 aliphatic rings. The van der Waals surface area contributed by atoms with Gasteiger partial charge in [-0.15, -0.1) is 4.36 Å². The van der Waals surface area contributed by atoms with Crippen LogP contribution in [0, 0.1) is 0 Å². The van der Waals surface area contributed by atoms with E-state index in [2.05, 4.69) is 20.8 Å². The number of aromatic nitrogens is 2. The lowest BCUT2D eigenvalue weighted by molar-refractivity contribution is 0.0165. The number of hydrogen-bond donors (Lipinski definition) is 2. The van der Waals surface area contributed by atoms with Crippen molar-refractivity contribution in [1.29, 1.82) is 0 Å². The van der Waals surface area contributed by atoms with Gasteiger partial charge in [0.2, 0.25) is 5.88 Å². The number of amides is 2. The second kappa shape index (κ2) is 7.32. The molecule has 10 heteroatoms. The number of aryl methyl sites for hydroxylation is 2. The van der Waals surface area contributed by atoms with Crippen molar-refractivity contribution in [2.24, 2.45) is 9.50 Å². The number of rotatable bonds is 4. The van der Waals surface area contributed by atoms with Crippen molar-refractivity contribution in [2.45, 2.75) is 62.5 Å². The Kier molecular flexibility index (Phi) is 4.83. The summed E-state index contributed by atoms with van der Waals surface area (Å²) in [6, 6.07) is 1.58. The summed E-state index contributed by atoms with van der Waals surface area (Å²) in [5.74, 6) is 0.269. The highest BCUT2D eigenvalue weighted by molar-refractivity contribution is 7.91. The standard InChI is InChI=1S/C21H27N5O4S/c1-21(12-29-2)11-26-19(30-21)17(10-23-26)31(22,28)25-20(27)24-18-15-7-3-5-13(15)9-14-6-4-8-16(14)18/h9-10H,3-8,11-12H2,1-2H3,(H3,22,24,25,27,28)/t21-,31+/m0/s1. The number of nitrogens with two attached hydrogens (primary N) is 1. The van der Waals surface area contributed by atoms with Gasteiger partial charge in [0.1, 0.15) is 4.90 Å². The van der Waals surface area contributed by atoms with E-state index in [-0.39, 0.29) is 10.8 Å². The number of anilines is 1. The fourth-order valence-electron chi connectivity index (χ4n) is 5.01. The smallest absolute Gasteiger partial charge is 0.354 e. The van der Waals surface area contributed by atoms with Crippen LogP contribution in [0.4, 0.5) is 10.5 Å². The van der Waals surface area contributed by atoms with E-state index < -0.39 is 21.5 Å². The minimum absolute atomic E-state index is 0.117. The maximum absolute atomic E-state index is 13.2. The van der Waals surface area contributed by atoms with Crippen molar-refractivity contribution < 1.29 is 18.5 Å². The average molecular weight is 446 g/mol. The zero-order valence-corrected chi connectivity index (χ0v) is 18.6. The number of carbonyl (C=O) groups is 1. The maximum atomic E-state index is 13.2. The van der Waals surface area contributed by atoms with Crippen LogP contribution in [0.3, 0.4) is 0 Å². The first-order chi connectivity index (χ1) is 14.8. The SMILES string of the molecule is COC[C@]1(C)Cn2ncc([S@](N)(=O)=NC(=O)Nc3c4c(cc5c3CCC5)CCC4)c2O1. The summed E-state index contributed by atoms with van der Waals surface area (Å²) in [7, 11) is -1.96. The molecule has 0 saturated carbocycles. The topological polar surface area (TPSA) is 121 Å². The second-order valence-electron chi connectivity index (χ2n) is 8.78. The van der Waals surface area contributed by atoms with Crippen LogP contribution in [0.15, 0.2) is 21.5 Å². The molecule has 0 fully saturated rings. The largest absolute Gasteiger partial charge is 0.466 e. The number of nitrogens with one attached hydrogen (secondary N) is 1. The van der Waals surface area contributed by atoms with Crippen molar-refractivity contribution in [3.63, 3.8) is 0 Å². The summed E-state index contributed by atoms with van der Waals surface area (Å²) >= 11 is 0. The summed E-state index contributed by atoms with van der Waals surface area (Å²) in [5.41, 5.74) is 5.15. The third-order valence-electron chi connectivity index (χ3n) is 6.28. The number of nitrogens with zero attached hydrogens (tertiary/aromatic N) is 3. The number of urea groups is 1. The van der Waals surface area contributed by atoms with Gasteiger partial charge in [-0.3, -0.25) is 0 Å². The third-order valence-corrected chi connectivity index (χ3v) is 7.62. The van der Waals surface area contributed by atoms with Crippen LogP contribution < -0.4 is 15.2 Å². The Morgan fingerprint density at radius 3 is 2.65 bits per heavy atom. The molecule has 0 unspecified atom stereocenters. The molecular weight excluding hydrogens is 418 g/mol. The minimum atomic E-state index is -3.54. The lowest BCUT2D eigenvalue weighted by atomic mass is 9.99. The van der Waals surface area contributed by atoms with Gasteiger partial charge in [-0.2, -0.15) is 5.10 Å². The van der Waals surface area contributed by atoms with Gasteiger partial charge < -0.3 is 14.8 Å². The number of methoxy groups -OCH3 is 1. The molecule has 3 N–H and O–H groups in total. The Morgan fingerprint density at radius 2 is 2.00 bits per heavy atom. The molecule has 1 aromatic heterocycles. The highest BCUT2D eigenvalue weighted by Crippen LogP contribution is 2.39. The predicted molar refractivity (Wildman–Crippen MR) is 116 cm³/mol. The molecule has 2 aliphatic carbocycles. The quantitative estimate of drug-likeness (QED) is 0.749. The highest BCUT2D eigenvalue weighted by atomic mass is 32.2. The number of carbonyl (C=O) groups excluding carboxylic acids is 1. The van der Waals surface area contributed by atoms with Gasteiger partial charge in [-0.1, -0.05) is 6.07 Å². The molecule has 2 atom stereocenters. The van der Waals surface area contributed by atoms with Gasteiger partial charge in [0.05, 0.1) is 19.3 Å². The van der Waals surface area contributed by atoms with Gasteiger partial charge in [0.25, 0.3) is 0 Å². The molecule has 0 radical (unpaired) electrons. The van der Waals surface area contributed by atoms with Crippen LogP contribution in [0.25, 0.3) is 0 Å². The first-order valence-electron chi connectivity index (χ1n) is 10.6. The Balaban J connectivity index is 1.45. The molecule has 1 aliphatic heterocycles. The molecule has 0 spiro atoms. The van der Waals surface area contributed by atoms with Gasteiger partial charge in [-0.25, -0.2) is 18.8 Å². The molecule has 2 heterocycles. The molecule has 166 valence electrons. The predicted octanol–water partition coefficient (Wildman–Crippen LogP) is 2.59. The monoisotopic (exact) mass is 445 g/mol. The Labute approximate surface area is 181 Å². The van der Waals surface area contributed by atoms with Gasteiger partial charge >= 0.3 is 6.03 Å². The van der Waals surface area contributed by atoms with E-state index in [4.69, 9.17) is 14.6 Å². The number of fused-ring (bicyclic) bond motifs is 3. The van der Waals surface area contributed by atoms with Crippen molar-refractivity contribution >= 4 is 21.6 Å². The maximum Gasteiger partial charge on any atom is 0.354 e. The minimum Gasteiger partial charge on any atom is -0.466 e. The average Bonchev–Trinajstić information content (AvgIpc) is 3.43. The van der Waals surface area contributed by atoms with Gasteiger partial charge in [-0.05, 0) is 67.7 Å². The molecule has 2 aromatic rings. The summed E-state index contributed by atoms with van der Waals surface area (Å²) in [6.45, 7) is 2.64. The number of ether oxygens (including phenoxy) is 2. The number of hydrogen-bond acceptors (Lipinski definition) is 5. The van der Waals surface area contributed by atoms with Crippen LogP contribution in [-0.2, 0) is 46.9 Å². The van der Waals surface area contributed by atoms with Crippen molar-refractivity contribution in [2.75, 3.05) is 19.0 Å². The lowest BCUT2D eigenvalue weighted by Crippen LogP contribution is -2.36. The molecule has 31 heavy (non-hydrogen) atoms. The molecule has 5 rings (SSSR count). The highest BCUT2D eigenvalue weighted by Gasteiger charge is 2.39. The van der Waals surface area contributed by atoms with E-state index >= 15 is 0 Å². The first kappa shape index (κ1) is 20.5. The molecule has 0 bridgehead atoms. The van der Waals surface area contributed by atoms with Crippen LogP contribution in [0.5, 0.6) is 5.88 Å². The van der Waals surface area contributed by atoms with Crippen molar-refractivity contribution in [1.82, 2.24) is 9.78 Å². The normalized spacial score (nSPS) is 22.9. The fraction of sp³-hybridized carbons (Fsp3) is 0.524. The van der Waals surface area contributed by atoms with Crippen LogP contribution in [0.1, 0.15) is 42.0 Å². The molecular formula is C21H27N5O4S. The first-order valence-corrected chi connectivity index (χ1v) is 12.1. The van der Waals surface area contributed by atoms with Gasteiger partial charge in [0.15, 0.2) is 15.5 Å². The zero-order valence-electron chi connectivity index (χ0n) is 17.8. The lowest BCUT2D eigenvalue weighted by Gasteiger charge is -2.21. The van der Waals surface area contributed by atoms with Gasteiger partial charge in [0, 0.05) is 12.8 Å². The van der Waals surface area contributed by atoms with E-state index in [0.29, 0.717) is 13.2 Å². The van der Waals surface area contributed by atoms with Crippen LogP contribution in [-0.4, -0.2) is 39.3 Å². The Hall–Kier alpha value is -2.43. The molecule has 0 saturated heterocycles. The van der Waals surface area contributed by atoms with E-state index in [0.717, 1.165) is 44.2 Å². The molecule has 9 nitrogen and oxygen atoms in total. The zero-order chi connectivity index (χ0) is 21.8. The second-order valence-corrected chi connectivity index (χ2v) is 10.5. The molecule has 2 amide bonds. The van der Waals surface area contributed by atoms with E-state index in [1.165, 1.54) is 28.5 Å². The summed E-state index contributed by atoms with van der Waals surface area (Å²) in [4.78, 5) is 12.9. The van der Waals surface area contributed by atoms with E-state index in [1.54, 1.807) is 11.8 Å². The van der Waals surface area contributed by atoms with E-state index in [9.17, 15) is 9.00 Å². The Bertz CT molecular complexity index is 1160. The summed E-state index contributed by atoms with van der Waals surface area (Å²) < 4.78 is 29.8. The summed E-state index contributed by atoms with van der Waals surface area (Å²) in [5, 5.41) is 13.2. The van der Waals surface area contributed by atoms with Crippen LogP contribution >= 0.6 is 0 Å². The molecule has 1 aromatic carbocycles.